The van der Waals surface area contributed by atoms with Crippen LogP contribution in [0.1, 0.15) is 22.3 Å². The van der Waals surface area contributed by atoms with E-state index in [1.807, 2.05) is 49.4 Å². The summed E-state index contributed by atoms with van der Waals surface area (Å²) >= 11 is 0. The molecule has 0 aliphatic carbocycles. The van der Waals surface area contributed by atoms with Crippen LogP contribution in [0.15, 0.2) is 48.5 Å². The molecule has 2 rings (SSSR count). The zero-order valence-electron chi connectivity index (χ0n) is 13.0. The SMILES string of the molecule is COC(=O)c1ccccc1NCCCOc1ccccc1C. The highest BCUT2D eigenvalue weighted by atomic mass is 16.5. The Morgan fingerprint density at radius 3 is 2.59 bits per heavy atom. The zero-order chi connectivity index (χ0) is 15.8. The van der Waals surface area contributed by atoms with Gasteiger partial charge in [0.1, 0.15) is 5.75 Å². The molecule has 0 saturated heterocycles. The molecule has 22 heavy (non-hydrogen) atoms. The Balaban J connectivity index is 1.80. The van der Waals surface area contributed by atoms with Crippen LogP contribution in [0.5, 0.6) is 5.75 Å². The summed E-state index contributed by atoms with van der Waals surface area (Å²) in [4.78, 5) is 11.7. The molecule has 2 aromatic rings. The molecule has 2 aromatic carbocycles. The first-order chi connectivity index (χ1) is 10.7. The van der Waals surface area contributed by atoms with E-state index in [2.05, 4.69) is 5.32 Å². The van der Waals surface area contributed by atoms with Gasteiger partial charge in [-0.25, -0.2) is 4.79 Å². The van der Waals surface area contributed by atoms with Gasteiger partial charge in [-0.15, -0.1) is 0 Å². The van der Waals surface area contributed by atoms with Crippen LogP contribution in [-0.4, -0.2) is 26.2 Å². The summed E-state index contributed by atoms with van der Waals surface area (Å²) in [6, 6.07) is 15.3. The number of anilines is 1. The Morgan fingerprint density at radius 2 is 1.82 bits per heavy atom. The van der Waals surface area contributed by atoms with Gasteiger partial charge in [-0.3, -0.25) is 0 Å². The Morgan fingerprint density at radius 1 is 1.09 bits per heavy atom. The third-order valence-electron chi connectivity index (χ3n) is 3.32. The molecule has 0 fully saturated rings. The van der Waals surface area contributed by atoms with Crippen molar-refractivity contribution in [1.29, 1.82) is 0 Å². The third kappa shape index (κ3) is 4.25. The molecule has 0 radical (unpaired) electrons. The van der Waals surface area contributed by atoms with Crippen LogP contribution in [0.2, 0.25) is 0 Å². The van der Waals surface area contributed by atoms with Gasteiger partial charge in [0.05, 0.1) is 19.3 Å². The van der Waals surface area contributed by atoms with Gasteiger partial charge >= 0.3 is 5.97 Å². The predicted octanol–water partition coefficient (Wildman–Crippen LogP) is 3.66. The molecule has 0 aromatic heterocycles. The summed E-state index contributed by atoms with van der Waals surface area (Å²) in [6.45, 7) is 3.37. The van der Waals surface area contributed by atoms with Crippen molar-refractivity contribution >= 4 is 11.7 Å². The van der Waals surface area contributed by atoms with E-state index in [4.69, 9.17) is 9.47 Å². The largest absolute Gasteiger partial charge is 0.493 e. The number of hydrogen-bond acceptors (Lipinski definition) is 4. The molecule has 0 bridgehead atoms. The summed E-state index contributed by atoms with van der Waals surface area (Å²) in [5, 5.41) is 3.25. The number of esters is 1. The highest BCUT2D eigenvalue weighted by Gasteiger charge is 2.10. The maximum Gasteiger partial charge on any atom is 0.339 e. The Kier molecular flexibility index (Phi) is 5.83. The number of benzene rings is 2. The van der Waals surface area contributed by atoms with Gasteiger partial charge in [-0.2, -0.15) is 0 Å². The molecule has 4 nitrogen and oxygen atoms in total. The van der Waals surface area contributed by atoms with Gasteiger partial charge in [-0.1, -0.05) is 30.3 Å². The van der Waals surface area contributed by atoms with Crippen LogP contribution >= 0.6 is 0 Å². The molecule has 0 aliphatic heterocycles. The normalized spacial score (nSPS) is 10.1. The number of aryl methyl sites for hydroxylation is 1. The van der Waals surface area contributed by atoms with Crippen LogP contribution in [0.3, 0.4) is 0 Å². The fourth-order valence-electron chi connectivity index (χ4n) is 2.12. The highest BCUT2D eigenvalue weighted by Crippen LogP contribution is 2.17. The van der Waals surface area contributed by atoms with Crippen molar-refractivity contribution in [3.63, 3.8) is 0 Å². The maximum absolute atomic E-state index is 11.7. The fourth-order valence-corrected chi connectivity index (χ4v) is 2.12. The van der Waals surface area contributed by atoms with Crippen molar-refractivity contribution < 1.29 is 14.3 Å². The minimum absolute atomic E-state index is 0.334. The second kappa shape index (κ2) is 8.08. The molecule has 0 spiro atoms. The van der Waals surface area contributed by atoms with Crippen LogP contribution in [0.25, 0.3) is 0 Å². The average Bonchev–Trinajstić information content (AvgIpc) is 2.56. The van der Waals surface area contributed by atoms with E-state index in [-0.39, 0.29) is 5.97 Å². The number of nitrogens with one attached hydrogen (secondary N) is 1. The number of para-hydroxylation sites is 2. The highest BCUT2D eigenvalue weighted by molar-refractivity contribution is 5.95. The quantitative estimate of drug-likeness (QED) is 0.626. The summed E-state index contributed by atoms with van der Waals surface area (Å²) in [5.74, 6) is 0.580. The molecule has 0 aliphatic rings. The molecule has 0 unspecified atom stereocenters. The number of methoxy groups -OCH3 is 1. The van der Waals surface area contributed by atoms with Crippen molar-refractivity contribution in [3.8, 4) is 5.75 Å². The minimum Gasteiger partial charge on any atom is -0.493 e. The average molecular weight is 299 g/mol. The lowest BCUT2D eigenvalue weighted by Crippen LogP contribution is -2.11. The number of carbonyl (C=O) groups excluding carboxylic acids is 1. The van der Waals surface area contributed by atoms with Crippen molar-refractivity contribution in [1.82, 2.24) is 0 Å². The third-order valence-corrected chi connectivity index (χ3v) is 3.32. The first-order valence-corrected chi connectivity index (χ1v) is 7.32. The fraction of sp³-hybridized carbons (Fsp3) is 0.278. The van der Waals surface area contributed by atoms with E-state index < -0.39 is 0 Å². The van der Waals surface area contributed by atoms with E-state index in [9.17, 15) is 4.79 Å². The first kappa shape index (κ1) is 15.9. The maximum atomic E-state index is 11.7. The van der Waals surface area contributed by atoms with Gasteiger partial charge in [0.25, 0.3) is 0 Å². The second-order valence-electron chi connectivity index (χ2n) is 4.93. The standard InChI is InChI=1S/C18H21NO3/c1-14-8-3-6-11-17(14)22-13-7-12-19-16-10-5-4-9-15(16)18(20)21-2/h3-6,8-11,19H,7,12-13H2,1-2H3. The lowest BCUT2D eigenvalue weighted by molar-refractivity contribution is 0.0602. The Hall–Kier alpha value is -2.49. The molecule has 0 atom stereocenters. The van der Waals surface area contributed by atoms with E-state index in [0.717, 1.165) is 30.0 Å². The zero-order valence-corrected chi connectivity index (χ0v) is 13.0. The summed E-state index contributed by atoms with van der Waals surface area (Å²) in [6.07, 6.45) is 0.837. The van der Waals surface area contributed by atoms with Crippen LogP contribution in [0.4, 0.5) is 5.69 Å². The first-order valence-electron chi connectivity index (χ1n) is 7.32. The molecule has 0 amide bonds. The van der Waals surface area contributed by atoms with Gasteiger partial charge < -0.3 is 14.8 Å². The lowest BCUT2D eigenvalue weighted by Gasteiger charge is -2.12. The van der Waals surface area contributed by atoms with E-state index in [1.165, 1.54) is 7.11 Å². The molecule has 0 heterocycles. The summed E-state index contributed by atoms with van der Waals surface area (Å²) < 4.78 is 10.5. The van der Waals surface area contributed by atoms with Crippen molar-refractivity contribution in [2.45, 2.75) is 13.3 Å². The van der Waals surface area contributed by atoms with E-state index in [1.54, 1.807) is 6.07 Å². The number of rotatable bonds is 7. The summed E-state index contributed by atoms with van der Waals surface area (Å²) in [7, 11) is 1.38. The molecule has 0 saturated carbocycles. The second-order valence-corrected chi connectivity index (χ2v) is 4.93. The Bertz CT molecular complexity index is 625. The number of carbonyl (C=O) groups is 1. The lowest BCUT2D eigenvalue weighted by atomic mass is 10.2. The molecule has 1 N–H and O–H groups in total. The van der Waals surface area contributed by atoms with Crippen LogP contribution < -0.4 is 10.1 Å². The van der Waals surface area contributed by atoms with Gasteiger partial charge in [0, 0.05) is 12.2 Å². The monoisotopic (exact) mass is 299 g/mol. The topological polar surface area (TPSA) is 47.6 Å². The molecular formula is C18H21NO3. The molecular weight excluding hydrogens is 278 g/mol. The Labute approximate surface area is 131 Å². The van der Waals surface area contributed by atoms with Crippen LogP contribution in [-0.2, 0) is 4.74 Å². The molecule has 116 valence electrons. The van der Waals surface area contributed by atoms with Crippen molar-refractivity contribution in [3.05, 3.63) is 59.7 Å². The van der Waals surface area contributed by atoms with Crippen molar-refractivity contribution in [2.24, 2.45) is 0 Å². The van der Waals surface area contributed by atoms with E-state index in [0.29, 0.717) is 12.2 Å². The number of hydrogen-bond donors (Lipinski definition) is 1. The van der Waals surface area contributed by atoms with Gasteiger partial charge in [-0.05, 0) is 37.1 Å². The predicted molar refractivity (Wildman–Crippen MR) is 87.6 cm³/mol. The molecule has 4 heteroatoms. The van der Waals surface area contributed by atoms with E-state index >= 15 is 0 Å². The number of ether oxygens (including phenoxy) is 2. The van der Waals surface area contributed by atoms with Gasteiger partial charge in [0.2, 0.25) is 0 Å². The smallest absolute Gasteiger partial charge is 0.339 e. The van der Waals surface area contributed by atoms with Crippen molar-refractivity contribution in [2.75, 3.05) is 25.6 Å². The van der Waals surface area contributed by atoms with Gasteiger partial charge in [0.15, 0.2) is 0 Å². The summed E-state index contributed by atoms with van der Waals surface area (Å²) in [5.41, 5.74) is 2.46. The minimum atomic E-state index is -0.334. The van der Waals surface area contributed by atoms with Crippen LogP contribution in [0, 0.1) is 6.92 Å².